The van der Waals surface area contributed by atoms with Crippen LogP contribution in [0, 0.1) is 0 Å². The number of halogens is 2. The minimum absolute atomic E-state index is 0. The number of amides is 2. The summed E-state index contributed by atoms with van der Waals surface area (Å²) in [5, 5.41) is 0.609. The van der Waals surface area contributed by atoms with Gasteiger partial charge in [-0.25, -0.2) is 0 Å². The molecule has 1 atom stereocenters. The Balaban J connectivity index is 0.00000242. The fourth-order valence-electron chi connectivity index (χ4n) is 2.34. The van der Waals surface area contributed by atoms with Crippen LogP contribution in [0.1, 0.15) is 23.7 Å². The molecule has 0 aromatic heterocycles. The predicted octanol–water partition coefficient (Wildman–Crippen LogP) is 1.78. The Morgan fingerprint density at radius 2 is 1.64 bits per heavy atom. The number of piperazine rings is 1. The molecule has 1 unspecified atom stereocenters. The van der Waals surface area contributed by atoms with E-state index in [9.17, 15) is 9.59 Å². The van der Waals surface area contributed by atoms with E-state index in [4.69, 9.17) is 17.3 Å². The molecule has 1 aromatic carbocycles. The van der Waals surface area contributed by atoms with Gasteiger partial charge in [-0.15, -0.1) is 12.4 Å². The van der Waals surface area contributed by atoms with Gasteiger partial charge in [0.15, 0.2) is 0 Å². The Kier molecular flexibility index (Phi) is 7.13. The van der Waals surface area contributed by atoms with Gasteiger partial charge in [0, 0.05) is 49.2 Å². The van der Waals surface area contributed by atoms with E-state index in [1.807, 2.05) is 6.92 Å². The molecule has 1 aliphatic heterocycles. The molecule has 1 heterocycles. The summed E-state index contributed by atoms with van der Waals surface area (Å²) in [6.45, 7) is 4.03. The van der Waals surface area contributed by atoms with Crippen LogP contribution in [0.15, 0.2) is 24.3 Å². The van der Waals surface area contributed by atoms with Gasteiger partial charge in [0.2, 0.25) is 5.91 Å². The fraction of sp³-hybridized carbons (Fsp3) is 0.467. The monoisotopic (exact) mass is 345 g/mol. The van der Waals surface area contributed by atoms with E-state index < -0.39 is 0 Å². The molecular weight excluding hydrogens is 325 g/mol. The lowest BCUT2D eigenvalue weighted by Crippen LogP contribution is -2.51. The number of hydrogen-bond donors (Lipinski definition) is 1. The van der Waals surface area contributed by atoms with Crippen LogP contribution in [-0.4, -0.2) is 53.8 Å². The number of benzene rings is 1. The lowest BCUT2D eigenvalue weighted by molar-refractivity contribution is -0.132. The molecule has 0 radical (unpaired) electrons. The van der Waals surface area contributed by atoms with Crippen molar-refractivity contribution in [3.05, 3.63) is 34.9 Å². The molecular formula is C15H21Cl2N3O2. The smallest absolute Gasteiger partial charge is 0.253 e. The number of hydrogen-bond acceptors (Lipinski definition) is 3. The van der Waals surface area contributed by atoms with Crippen LogP contribution in [0.2, 0.25) is 5.02 Å². The summed E-state index contributed by atoms with van der Waals surface area (Å²) in [7, 11) is 0. The fourth-order valence-corrected chi connectivity index (χ4v) is 2.46. The zero-order valence-corrected chi connectivity index (χ0v) is 14.1. The van der Waals surface area contributed by atoms with Crippen molar-refractivity contribution in [1.82, 2.24) is 9.80 Å². The van der Waals surface area contributed by atoms with Crippen molar-refractivity contribution >= 4 is 35.8 Å². The molecule has 2 amide bonds. The average Bonchev–Trinajstić information content (AvgIpc) is 2.47. The highest BCUT2D eigenvalue weighted by Gasteiger charge is 2.24. The quantitative estimate of drug-likeness (QED) is 0.907. The highest BCUT2D eigenvalue weighted by Crippen LogP contribution is 2.13. The average molecular weight is 346 g/mol. The molecule has 0 spiro atoms. The highest BCUT2D eigenvalue weighted by atomic mass is 35.5. The topological polar surface area (TPSA) is 66.6 Å². The van der Waals surface area contributed by atoms with Gasteiger partial charge in [0.25, 0.3) is 5.91 Å². The van der Waals surface area contributed by atoms with Crippen LogP contribution in [0.25, 0.3) is 0 Å². The largest absolute Gasteiger partial charge is 0.339 e. The number of carbonyl (C=O) groups excluding carboxylic acids is 2. The van der Waals surface area contributed by atoms with Gasteiger partial charge in [0.1, 0.15) is 0 Å². The molecule has 1 aromatic rings. The third-order valence-corrected chi connectivity index (χ3v) is 3.76. The predicted molar refractivity (Wildman–Crippen MR) is 89.4 cm³/mol. The van der Waals surface area contributed by atoms with Crippen molar-refractivity contribution in [3.8, 4) is 0 Å². The van der Waals surface area contributed by atoms with E-state index in [0.717, 1.165) is 0 Å². The Morgan fingerprint density at radius 3 is 2.14 bits per heavy atom. The van der Waals surface area contributed by atoms with Crippen LogP contribution in [0.3, 0.4) is 0 Å². The number of carbonyl (C=O) groups is 2. The summed E-state index contributed by atoms with van der Waals surface area (Å²) in [4.78, 5) is 27.8. The van der Waals surface area contributed by atoms with Crippen LogP contribution < -0.4 is 5.73 Å². The summed E-state index contributed by atoms with van der Waals surface area (Å²) in [6.07, 6.45) is 0.352. The van der Waals surface area contributed by atoms with Crippen LogP contribution in [0.4, 0.5) is 0 Å². The Morgan fingerprint density at radius 1 is 1.14 bits per heavy atom. The molecule has 1 aliphatic rings. The molecule has 0 saturated carbocycles. The minimum Gasteiger partial charge on any atom is -0.339 e. The molecule has 2 rings (SSSR count). The van der Waals surface area contributed by atoms with Crippen LogP contribution in [-0.2, 0) is 4.79 Å². The first-order chi connectivity index (χ1) is 9.97. The van der Waals surface area contributed by atoms with Gasteiger partial charge < -0.3 is 15.5 Å². The van der Waals surface area contributed by atoms with Crippen molar-refractivity contribution in [3.63, 3.8) is 0 Å². The van der Waals surface area contributed by atoms with E-state index in [-0.39, 0.29) is 30.3 Å². The molecule has 122 valence electrons. The molecule has 1 fully saturated rings. The molecule has 0 bridgehead atoms. The first-order valence-corrected chi connectivity index (χ1v) is 7.43. The maximum Gasteiger partial charge on any atom is 0.253 e. The van der Waals surface area contributed by atoms with Gasteiger partial charge in [-0.3, -0.25) is 9.59 Å². The molecule has 0 aliphatic carbocycles. The SMILES string of the molecule is CC(N)CC(=O)N1CCN(C(=O)c2ccc(Cl)cc2)CC1.Cl. The van der Waals surface area contributed by atoms with Crippen molar-refractivity contribution in [2.75, 3.05) is 26.2 Å². The lowest BCUT2D eigenvalue weighted by Gasteiger charge is -2.35. The Bertz CT molecular complexity index is 512. The lowest BCUT2D eigenvalue weighted by atomic mass is 10.1. The second-order valence-corrected chi connectivity index (χ2v) is 5.80. The molecule has 1 saturated heterocycles. The highest BCUT2D eigenvalue weighted by molar-refractivity contribution is 6.30. The zero-order valence-electron chi connectivity index (χ0n) is 12.5. The van der Waals surface area contributed by atoms with E-state index in [1.54, 1.807) is 34.1 Å². The van der Waals surface area contributed by atoms with E-state index in [1.165, 1.54) is 0 Å². The molecule has 22 heavy (non-hydrogen) atoms. The zero-order chi connectivity index (χ0) is 15.4. The van der Waals surface area contributed by atoms with Gasteiger partial charge in [0.05, 0.1) is 0 Å². The molecule has 5 nitrogen and oxygen atoms in total. The standard InChI is InChI=1S/C15H20ClN3O2.ClH/c1-11(17)10-14(20)18-6-8-19(9-7-18)15(21)12-2-4-13(16)5-3-12;/h2-5,11H,6-10,17H2,1H3;1H. The summed E-state index contributed by atoms with van der Waals surface area (Å²) in [5.74, 6) is 0.0366. The first kappa shape index (κ1) is 18.7. The van der Waals surface area contributed by atoms with E-state index in [0.29, 0.717) is 43.2 Å². The second-order valence-electron chi connectivity index (χ2n) is 5.36. The van der Waals surface area contributed by atoms with Crippen LogP contribution >= 0.6 is 24.0 Å². The summed E-state index contributed by atoms with van der Waals surface area (Å²) < 4.78 is 0. The molecule has 7 heteroatoms. The third-order valence-electron chi connectivity index (χ3n) is 3.51. The van der Waals surface area contributed by atoms with Gasteiger partial charge in [-0.2, -0.15) is 0 Å². The van der Waals surface area contributed by atoms with Crippen molar-refractivity contribution < 1.29 is 9.59 Å². The van der Waals surface area contributed by atoms with Gasteiger partial charge >= 0.3 is 0 Å². The van der Waals surface area contributed by atoms with Crippen molar-refractivity contribution in [1.29, 1.82) is 0 Å². The maximum absolute atomic E-state index is 12.3. The van der Waals surface area contributed by atoms with Crippen molar-refractivity contribution in [2.24, 2.45) is 5.73 Å². The minimum atomic E-state index is -0.133. The van der Waals surface area contributed by atoms with E-state index in [2.05, 4.69) is 0 Å². The van der Waals surface area contributed by atoms with Gasteiger partial charge in [-0.1, -0.05) is 11.6 Å². The number of rotatable bonds is 3. The van der Waals surface area contributed by atoms with Crippen molar-refractivity contribution in [2.45, 2.75) is 19.4 Å². The summed E-state index contributed by atoms with van der Waals surface area (Å²) >= 11 is 5.82. The number of nitrogens with two attached hydrogens (primary N) is 1. The molecule has 2 N–H and O–H groups in total. The van der Waals surface area contributed by atoms with E-state index >= 15 is 0 Å². The second kappa shape index (κ2) is 8.36. The summed E-state index contributed by atoms with van der Waals surface area (Å²) in [5.41, 5.74) is 6.26. The Hall–Kier alpha value is -1.30. The van der Waals surface area contributed by atoms with Crippen LogP contribution in [0.5, 0.6) is 0 Å². The first-order valence-electron chi connectivity index (χ1n) is 7.05. The number of nitrogens with zero attached hydrogens (tertiary/aromatic N) is 2. The normalized spacial score (nSPS) is 16.0. The maximum atomic E-state index is 12.3. The summed E-state index contributed by atoms with van der Waals surface area (Å²) in [6, 6.07) is 6.72. The van der Waals surface area contributed by atoms with Gasteiger partial charge in [-0.05, 0) is 31.2 Å². The Labute approximate surface area is 141 Å². The third kappa shape index (κ3) is 4.87.